The first-order valence-electron chi connectivity index (χ1n) is 11.3. The summed E-state index contributed by atoms with van der Waals surface area (Å²) in [6, 6.07) is 17.3. The third kappa shape index (κ3) is 4.57. The number of halogens is 4. The first kappa shape index (κ1) is 24.2. The number of anilines is 1. The molecule has 4 aromatic rings. The lowest BCUT2D eigenvalue weighted by atomic mass is 9.82. The van der Waals surface area contributed by atoms with E-state index < -0.39 is 41.3 Å². The van der Waals surface area contributed by atoms with Gasteiger partial charge in [-0.05, 0) is 55.0 Å². The molecule has 0 bridgehead atoms. The van der Waals surface area contributed by atoms with Crippen molar-refractivity contribution < 1.29 is 27.2 Å². The summed E-state index contributed by atoms with van der Waals surface area (Å²) in [6.45, 7) is 1.75. The van der Waals surface area contributed by atoms with E-state index in [0.717, 1.165) is 18.2 Å². The number of aryl methyl sites for hydroxylation is 1. The molecule has 0 saturated heterocycles. The summed E-state index contributed by atoms with van der Waals surface area (Å²) < 4.78 is 54.9. The number of carbonyl (C=O) groups is 2. The molecule has 2 amide bonds. The normalized spacial score (nSPS) is 17.2. The number of amides is 2. The van der Waals surface area contributed by atoms with Gasteiger partial charge >= 0.3 is 6.18 Å². The van der Waals surface area contributed by atoms with Crippen molar-refractivity contribution in [3.05, 3.63) is 113 Å². The van der Waals surface area contributed by atoms with E-state index in [1.54, 1.807) is 11.6 Å². The number of nitrogens with one attached hydrogen (secondary N) is 2. The average Bonchev–Trinajstić information content (AvgIpc) is 3.20. The predicted octanol–water partition coefficient (Wildman–Crippen LogP) is 5.22. The zero-order valence-electron chi connectivity index (χ0n) is 19.4. The van der Waals surface area contributed by atoms with Crippen molar-refractivity contribution in [2.24, 2.45) is 0 Å². The van der Waals surface area contributed by atoms with Crippen LogP contribution in [0.4, 0.5) is 23.4 Å². The summed E-state index contributed by atoms with van der Waals surface area (Å²) in [5.74, 6) is -2.30. The lowest BCUT2D eigenvalue weighted by molar-refractivity contribution is -0.137. The summed E-state index contributed by atoms with van der Waals surface area (Å²) in [5, 5.41) is 9.98. The minimum Gasteiger partial charge on any atom is -0.339 e. The van der Waals surface area contributed by atoms with E-state index in [2.05, 4.69) is 15.7 Å². The van der Waals surface area contributed by atoms with E-state index in [0.29, 0.717) is 28.3 Å². The van der Waals surface area contributed by atoms with Crippen molar-refractivity contribution in [3.8, 4) is 5.69 Å². The van der Waals surface area contributed by atoms with E-state index >= 15 is 0 Å². The van der Waals surface area contributed by atoms with Gasteiger partial charge in [0.2, 0.25) is 5.91 Å². The third-order valence-electron chi connectivity index (χ3n) is 6.24. The Balaban J connectivity index is 1.59. The van der Waals surface area contributed by atoms with Crippen LogP contribution in [0.15, 0.2) is 78.9 Å². The van der Waals surface area contributed by atoms with E-state index in [9.17, 15) is 27.2 Å². The van der Waals surface area contributed by atoms with Gasteiger partial charge in [0.25, 0.3) is 5.91 Å². The van der Waals surface area contributed by atoms with Crippen LogP contribution < -0.4 is 10.6 Å². The van der Waals surface area contributed by atoms with Crippen LogP contribution in [0.2, 0.25) is 0 Å². The van der Waals surface area contributed by atoms with Crippen LogP contribution in [-0.4, -0.2) is 27.6 Å². The number of alkyl halides is 3. The van der Waals surface area contributed by atoms with Gasteiger partial charge in [-0.2, -0.15) is 18.3 Å². The maximum atomic E-state index is 13.7. The van der Waals surface area contributed by atoms with Crippen molar-refractivity contribution in [1.29, 1.82) is 0 Å². The highest BCUT2D eigenvalue weighted by Gasteiger charge is 2.42. The van der Waals surface area contributed by atoms with Crippen LogP contribution in [-0.2, 0) is 11.0 Å². The highest BCUT2D eigenvalue weighted by atomic mass is 19.4. The van der Waals surface area contributed by atoms with Crippen LogP contribution >= 0.6 is 0 Å². The van der Waals surface area contributed by atoms with E-state index in [-0.39, 0.29) is 5.56 Å². The molecule has 37 heavy (non-hydrogen) atoms. The van der Waals surface area contributed by atoms with Gasteiger partial charge in [0, 0.05) is 17.0 Å². The molecule has 2 N–H and O–H groups in total. The molecule has 0 radical (unpaired) electrons. The van der Waals surface area contributed by atoms with Crippen LogP contribution in [0.5, 0.6) is 0 Å². The van der Waals surface area contributed by atoms with Gasteiger partial charge in [-0.3, -0.25) is 9.59 Å². The molecule has 6 nitrogen and oxygen atoms in total. The third-order valence-corrected chi connectivity index (χ3v) is 6.24. The first-order chi connectivity index (χ1) is 17.6. The fourth-order valence-corrected chi connectivity index (χ4v) is 4.54. The Labute approximate surface area is 208 Å². The summed E-state index contributed by atoms with van der Waals surface area (Å²) >= 11 is 0. The molecule has 10 heteroatoms. The monoisotopic (exact) mass is 508 g/mol. The molecule has 0 fully saturated rings. The largest absolute Gasteiger partial charge is 0.416 e. The fraction of sp³-hybridized carbons (Fsp3) is 0.148. The average molecular weight is 508 g/mol. The number of hydrogen-bond acceptors (Lipinski definition) is 3. The van der Waals surface area contributed by atoms with Crippen molar-refractivity contribution in [2.45, 2.75) is 25.1 Å². The van der Waals surface area contributed by atoms with Crippen LogP contribution in [0.3, 0.4) is 0 Å². The number of benzene rings is 3. The SMILES string of the molecule is Cc1nn(-c2ccccc2)c2c1[C@H](c1ccc(F)cc1)[C@@H](NC(=O)c1cccc(C(F)(F)F)c1)C(=O)N2. The lowest BCUT2D eigenvalue weighted by Crippen LogP contribution is -2.50. The number of carbonyl (C=O) groups excluding carboxylic acids is 2. The molecule has 1 aromatic heterocycles. The van der Waals surface area contributed by atoms with E-state index in [1.165, 1.54) is 30.3 Å². The van der Waals surface area contributed by atoms with Gasteiger partial charge in [0.05, 0.1) is 16.9 Å². The minimum absolute atomic E-state index is 0.247. The minimum atomic E-state index is -4.63. The molecule has 188 valence electrons. The topological polar surface area (TPSA) is 76.0 Å². The highest BCUT2D eigenvalue weighted by Crippen LogP contribution is 2.40. The molecule has 1 aliphatic rings. The standard InChI is InChI=1S/C27H20F4N4O2/c1-15-21-22(16-10-12-19(28)13-11-16)23(32-25(36)17-6-5-7-18(14-17)27(29,30)31)26(37)33-24(21)35(34-15)20-8-3-2-4-9-20/h2-14,22-23H,1H3,(H,32,36)(H,33,37)/t22-,23+/m0/s1. The van der Waals surface area contributed by atoms with Gasteiger partial charge in [-0.15, -0.1) is 0 Å². The fourth-order valence-electron chi connectivity index (χ4n) is 4.54. The van der Waals surface area contributed by atoms with Crippen molar-refractivity contribution in [2.75, 3.05) is 5.32 Å². The quantitative estimate of drug-likeness (QED) is 0.371. The van der Waals surface area contributed by atoms with Crippen molar-refractivity contribution in [1.82, 2.24) is 15.1 Å². The van der Waals surface area contributed by atoms with Crippen molar-refractivity contribution in [3.63, 3.8) is 0 Å². The second-order valence-corrected chi connectivity index (χ2v) is 8.64. The van der Waals surface area contributed by atoms with E-state index in [4.69, 9.17) is 0 Å². The Morgan fingerprint density at radius 3 is 2.38 bits per heavy atom. The molecule has 1 aliphatic heterocycles. The second-order valence-electron chi connectivity index (χ2n) is 8.64. The molecule has 3 aromatic carbocycles. The number of hydrogen-bond donors (Lipinski definition) is 2. The molecule has 0 spiro atoms. The number of nitrogens with zero attached hydrogens (tertiary/aromatic N) is 2. The first-order valence-corrected chi connectivity index (χ1v) is 11.3. The number of fused-ring (bicyclic) bond motifs is 1. The van der Waals surface area contributed by atoms with Gasteiger partial charge in [-0.1, -0.05) is 36.4 Å². The maximum absolute atomic E-state index is 13.7. The molecule has 2 atom stereocenters. The molecule has 0 saturated carbocycles. The van der Waals surface area contributed by atoms with Gasteiger partial charge in [-0.25, -0.2) is 9.07 Å². The Morgan fingerprint density at radius 1 is 1.00 bits per heavy atom. The van der Waals surface area contributed by atoms with Gasteiger partial charge in [0.1, 0.15) is 17.7 Å². The summed E-state index contributed by atoms with van der Waals surface area (Å²) in [6.07, 6.45) is -4.63. The Hall–Kier alpha value is -4.47. The maximum Gasteiger partial charge on any atom is 0.416 e. The van der Waals surface area contributed by atoms with Crippen molar-refractivity contribution >= 4 is 17.6 Å². The predicted molar refractivity (Wildman–Crippen MR) is 128 cm³/mol. The van der Waals surface area contributed by atoms with Gasteiger partial charge < -0.3 is 10.6 Å². The number of aromatic nitrogens is 2. The Morgan fingerprint density at radius 2 is 1.70 bits per heavy atom. The molecule has 5 rings (SSSR count). The zero-order chi connectivity index (χ0) is 26.3. The molecular weight excluding hydrogens is 488 g/mol. The summed E-state index contributed by atoms with van der Waals surface area (Å²) in [4.78, 5) is 26.4. The highest BCUT2D eigenvalue weighted by molar-refractivity contribution is 6.04. The lowest BCUT2D eigenvalue weighted by Gasteiger charge is -2.33. The number of rotatable bonds is 4. The molecule has 0 unspecified atom stereocenters. The molecule has 2 heterocycles. The Bertz CT molecular complexity index is 1480. The molecule has 0 aliphatic carbocycles. The van der Waals surface area contributed by atoms with Crippen LogP contribution in [0, 0.1) is 12.7 Å². The number of para-hydroxylation sites is 1. The smallest absolute Gasteiger partial charge is 0.339 e. The zero-order valence-corrected chi connectivity index (χ0v) is 19.4. The molecular formula is C27H20F4N4O2. The Kier molecular flexibility index (Phi) is 6.02. The van der Waals surface area contributed by atoms with Crippen LogP contribution in [0.1, 0.15) is 38.7 Å². The van der Waals surface area contributed by atoms with Crippen LogP contribution in [0.25, 0.3) is 5.69 Å². The summed E-state index contributed by atoms with van der Waals surface area (Å²) in [7, 11) is 0. The summed E-state index contributed by atoms with van der Waals surface area (Å²) in [5.41, 5.74) is 1.16. The van der Waals surface area contributed by atoms with E-state index in [1.807, 2.05) is 30.3 Å². The van der Waals surface area contributed by atoms with Gasteiger partial charge in [0.15, 0.2) is 0 Å². The second kappa shape index (κ2) is 9.20.